The first-order valence-corrected chi connectivity index (χ1v) is 15.2. The van der Waals surface area contributed by atoms with Crippen molar-refractivity contribution < 1.29 is 0 Å². The van der Waals surface area contributed by atoms with Gasteiger partial charge >= 0.3 is 0 Å². The van der Waals surface area contributed by atoms with Gasteiger partial charge in [0, 0.05) is 32.9 Å². The van der Waals surface area contributed by atoms with E-state index in [1.54, 1.807) is 0 Å². The van der Waals surface area contributed by atoms with Crippen molar-refractivity contribution >= 4 is 55.8 Å². The number of benzene rings is 6. The summed E-state index contributed by atoms with van der Waals surface area (Å²) in [7, 11) is 0. The van der Waals surface area contributed by atoms with Crippen LogP contribution in [0.25, 0.3) is 67.1 Å². The second-order valence-corrected chi connectivity index (χ2v) is 11.5. The number of nitrogens with zero attached hydrogens (tertiary/aromatic N) is 2. The van der Waals surface area contributed by atoms with Gasteiger partial charge < -0.3 is 9.13 Å². The summed E-state index contributed by atoms with van der Waals surface area (Å²) in [4.78, 5) is 0. The van der Waals surface area contributed by atoms with Crippen LogP contribution in [0.15, 0.2) is 147 Å². The summed E-state index contributed by atoms with van der Waals surface area (Å²) < 4.78 is 4.74. The zero-order valence-corrected chi connectivity index (χ0v) is 24.6. The fraction of sp³-hybridized carbons (Fsp3) is 0.0476. The van der Waals surface area contributed by atoms with E-state index in [0.717, 1.165) is 24.0 Å². The van der Waals surface area contributed by atoms with Crippen molar-refractivity contribution in [1.82, 2.24) is 9.13 Å². The molecule has 0 aliphatic rings. The Bertz CT molecular complexity index is 2180. The molecule has 2 aromatic heterocycles. The fourth-order valence-corrected chi connectivity index (χ4v) is 6.70. The number of fused-ring (bicyclic) bond motifs is 6. The van der Waals surface area contributed by atoms with E-state index in [1.807, 2.05) is 12.2 Å². The predicted molar refractivity (Wildman–Crippen MR) is 189 cm³/mol. The van der Waals surface area contributed by atoms with Crippen molar-refractivity contribution in [2.24, 2.45) is 0 Å². The van der Waals surface area contributed by atoms with Gasteiger partial charge in [-0.25, -0.2) is 0 Å². The van der Waals surface area contributed by atoms with Crippen LogP contribution in [0.4, 0.5) is 0 Å². The maximum Gasteiger partial charge on any atom is 0.0541 e. The molecule has 0 radical (unpaired) electrons. The Balaban J connectivity index is 1.05. The van der Waals surface area contributed by atoms with E-state index in [2.05, 4.69) is 156 Å². The highest BCUT2D eigenvalue weighted by atomic mass is 15.0. The third kappa shape index (κ3) is 4.27. The summed E-state index contributed by atoms with van der Waals surface area (Å²) in [5.41, 5.74) is 12.2. The van der Waals surface area contributed by atoms with Gasteiger partial charge in [0.15, 0.2) is 0 Å². The normalized spacial score (nSPS) is 11.5. The van der Waals surface area contributed by atoms with Crippen LogP contribution in [0.2, 0.25) is 0 Å². The van der Waals surface area contributed by atoms with E-state index >= 15 is 0 Å². The van der Waals surface area contributed by atoms with Crippen molar-refractivity contribution in [2.75, 3.05) is 0 Å². The summed E-state index contributed by atoms with van der Waals surface area (Å²) >= 11 is 0. The molecular formula is C42H32N2. The standard InChI is InChI=1S/C42H32N2/c1-3-29-19-25-41-37(27-29)35-9-5-7-11-39(35)43(41)33-21-15-31(16-22-33)13-14-32-17-23-34(24-18-32)44-40-12-8-6-10-36(40)38-28-30(4-2)20-26-42(38)44/h3-12,15-28H,1-2,13-14H2. The molecule has 8 aromatic rings. The molecule has 2 nitrogen and oxygen atoms in total. The highest BCUT2D eigenvalue weighted by molar-refractivity contribution is 6.10. The molecule has 2 heteroatoms. The molecule has 0 atom stereocenters. The molecule has 210 valence electrons. The van der Waals surface area contributed by atoms with Crippen LogP contribution in [0.1, 0.15) is 22.3 Å². The minimum atomic E-state index is 0.995. The van der Waals surface area contributed by atoms with E-state index in [0.29, 0.717) is 0 Å². The number of hydrogen-bond donors (Lipinski definition) is 0. The Labute approximate surface area is 257 Å². The monoisotopic (exact) mass is 564 g/mol. The van der Waals surface area contributed by atoms with Gasteiger partial charge in [-0.1, -0.05) is 98.1 Å². The van der Waals surface area contributed by atoms with E-state index < -0.39 is 0 Å². The maximum atomic E-state index is 3.96. The Morgan fingerprint density at radius 1 is 0.409 bits per heavy atom. The van der Waals surface area contributed by atoms with E-state index in [4.69, 9.17) is 0 Å². The second kappa shape index (κ2) is 10.6. The number of rotatable bonds is 7. The maximum absolute atomic E-state index is 3.96. The van der Waals surface area contributed by atoms with Crippen LogP contribution >= 0.6 is 0 Å². The molecule has 0 saturated heterocycles. The third-order valence-corrected chi connectivity index (χ3v) is 8.96. The lowest BCUT2D eigenvalue weighted by Gasteiger charge is -2.11. The minimum absolute atomic E-state index is 0.995. The van der Waals surface area contributed by atoms with Gasteiger partial charge in [0.05, 0.1) is 22.1 Å². The van der Waals surface area contributed by atoms with Gasteiger partial charge in [-0.05, 0) is 95.8 Å². The fourth-order valence-electron chi connectivity index (χ4n) is 6.70. The molecule has 2 heterocycles. The van der Waals surface area contributed by atoms with E-state index in [1.165, 1.54) is 66.1 Å². The van der Waals surface area contributed by atoms with E-state index in [9.17, 15) is 0 Å². The number of hydrogen-bond acceptors (Lipinski definition) is 0. The Morgan fingerprint density at radius 2 is 0.795 bits per heavy atom. The van der Waals surface area contributed by atoms with E-state index in [-0.39, 0.29) is 0 Å². The van der Waals surface area contributed by atoms with Crippen LogP contribution in [-0.4, -0.2) is 9.13 Å². The molecule has 0 bridgehead atoms. The van der Waals surface area contributed by atoms with Crippen molar-refractivity contribution in [3.05, 3.63) is 169 Å². The largest absolute Gasteiger partial charge is 0.309 e. The minimum Gasteiger partial charge on any atom is -0.309 e. The Hall–Kier alpha value is -5.60. The number of aromatic nitrogens is 2. The summed E-state index contributed by atoms with van der Waals surface area (Å²) in [5.74, 6) is 0. The first-order chi connectivity index (χ1) is 21.7. The summed E-state index contributed by atoms with van der Waals surface area (Å²) in [6.07, 6.45) is 5.82. The average molecular weight is 565 g/mol. The molecule has 8 rings (SSSR count). The van der Waals surface area contributed by atoms with Crippen LogP contribution in [0.5, 0.6) is 0 Å². The summed E-state index contributed by atoms with van der Waals surface area (Å²) in [6, 6.07) is 48.6. The molecular weight excluding hydrogens is 532 g/mol. The van der Waals surface area contributed by atoms with Gasteiger partial charge in [-0.3, -0.25) is 0 Å². The molecule has 6 aromatic carbocycles. The molecule has 44 heavy (non-hydrogen) atoms. The van der Waals surface area contributed by atoms with Gasteiger partial charge in [-0.15, -0.1) is 0 Å². The zero-order valence-electron chi connectivity index (χ0n) is 24.6. The average Bonchev–Trinajstić information content (AvgIpc) is 3.60. The highest BCUT2D eigenvalue weighted by Gasteiger charge is 2.14. The van der Waals surface area contributed by atoms with Crippen molar-refractivity contribution in [2.45, 2.75) is 12.8 Å². The SMILES string of the molecule is C=Cc1ccc2c(c1)c1ccccc1n2-c1ccc(CCc2ccc(-n3c4ccccc4c4cc(C=C)ccc43)cc2)cc1. The molecule has 0 amide bonds. The molecule has 0 unspecified atom stereocenters. The lowest BCUT2D eigenvalue weighted by Crippen LogP contribution is -1.97. The topological polar surface area (TPSA) is 9.86 Å². The van der Waals surface area contributed by atoms with Crippen LogP contribution < -0.4 is 0 Å². The van der Waals surface area contributed by atoms with Crippen LogP contribution in [-0.2, 0) is 12.8 Å². The first kappa shape index (κ1) is 26.1. The Morgan fingerprint density at radius 3 is 1.20 bits per heavy atom. The van der Waals surface area contributed by atoms with Crippen molar-refractivity contribution in [1.29, 1.82) is 0 Å². The van der Waals surface area contributed by atoms with Gasteiger partial charge in [0.1, 0.15) is 0 Å². The third-order valence-electron chi connectivity index (χ3n) is 8.96. The second-order valence-electron chi connectivity index (χ2n) is 11.5. The molecule has 0 aliphatic carbocycles. The lowest BCUT2D eigenvalue weighted by atomic mass is 10.0. The van der Waals surface area contributed by atoms with Gasteiger partial charge in [-0.2, -0.15) is 0 Å². The first-order valence-electron chi connectivity index (χ1n) is 15.2. The number of aryl methyl sites for hydroxylation is 2. The quantitative estimate of drug-likeness (QED) is 0.182. The molecule has 0 spiro atoms. The van der Waals surface area contributed by atoms with Gasteiger partial charge in [0.2, 0.25) is 0 Å². The molecule has 0 aliphatic heterocycles. The summed E-state index contributed by atoms with van der Waals surface area (Å²) in [6.45, 7) is 7.93. The van der Waals surface area contributed by atoms with Crippen molar-refractivity contribution in [3.63, 3.8) is 0 Å². The molecule has 0 saturated carbocycles. The molecule has 0 fully saturated rings. The van der Waals surface area contributed by atoms with Crippen LogP contribution in [0, 0.1) is 0 Å². The zero-order chi connectivity index (χ0) is 29.6. The Kier molecular flexibility index (Phi) is 6.27. The molecule has 0 N–H and O–H groups in total. The lowest BCUT2D eigenvalue weighted by molar-refractivity contribution is 0.957. The van der Waals surface area contributed by atoms with Crippen LogP contribution in [0.3, 0.4) is 0 Å². The highest BCUT2D eigenvalue weighted by Crippen LogP contribution is 2.34. The predicted octanol–water partition coefficient (Wildman–Crippen LogP) is 11.0. The summed E-state index contributed by atoms with van der Waals surface area (Å²) in [5, 5.41) is 5.04. The number of para-hydroxylation sites is 2. The van der Waals surface area contributed by atoms with Crippen molar-refractivity contribution in [3.8, 4) is 11.4 Å². The van der Waals surface area contributed by atoms with Gasteiger partial charge in [0.25, 0.3) is 0 Å². The smallest absolute Gasteiger partial charge is 0.0541 e.